The third kappa shape index (κ3) is 14.5. The fourth-order valence-corrected chi connectivity index (χ4v) is 3.63. The largest absolute Gasteiger partial charge is 0.102 e. The fraction of sp³-hybridized carbons (Fsp3) is 0.625. The van der Waals surface area contributed by atoms with E-state index in [-0.39, 0.29) is 5.41 Å². The monoisotopic (exact) mass is 438 g/mol. The lowest BCUT2D eigenvalue weighted by molar-refractivity contribution is 0.470. The lowest BCUT2D eigenvalue weighted by Gasteiger charge is -2.22. The fourth-order valence-electron chi connectivity index (χ4n) is 3.63. The summed E-state index contributed by atoms with van der Waals surface area (Å²) in [7, 11) is 0. The van der Waals surface area contributed by atoms with Crippen molar-refractivity contribution >= 4 is 0 Å². The van der Waals surface area contributed by atoms with E-state index in [2.05, 4.69) is 99.1 Å². The first-order valence-corrected chi connectivity index (χ1v) is 12.9. The molecular weight excluding hydrogens is 384 g/mol. The van der Waals surface area contributed by atoms with Crippen LogP contribution in [0.5, 0.6) is 0 Å². The van der Waals surface area contributed by atoms with Gasteiger partial charge < -0.3 is 0 Å². The number of hydrogen-bond donors (Lipinski definition) is 0. The van der Waals surface area contributed by atoms with Gasteiger partial charge in [-0.3, -0.25) is 0 Å². The average Bonchev–Trinajstić information content (AvgIpc) is 2.74. The van der Waals surface area contributed by atoms with E-state index in [1.165, 1.54) is 54.4 Å². The zero-order chi connectivity index (χ0) is 24.7. The Labute approximate surface area is 202 Å². The molecule has 0 bridgehead atoms. The average molecular weight is 439 g/mol. The molecule has 0 nitrogen and oxygen atoms in total. The van der Waals surface area contributed by atoms with Crippen molar-refractivity contribution in [3.63, 3.8) is 0 Å². The van der Waals surface area contributed by atoms with E-state index in [0.717, 1.165) is 25.7 Å². The summed E-state index contributed by atoms with van der Waals surface area (Å²) in [5.74, 6) is 1.80. The van der Waals surface area contributed by atoms with Crippen molar-refractivity contribution in [2.24, 2.45) is 23.2 Å². The minimum atomic E-state index is 0.0734. The molecule has 0 heterocycles. The highest BCUT2D eigenvalue weighted by Crippen LogP contribution is 2.30. The van der Waals surface area contributed by atoms with Crippen LogP contribution in [0.25, 0.3) is 0 Å². The molecule has 0 aromatic rings. The van der Waals surface area contributed by atoms with Crippen LogP contribution in [0.1, 0.15) is 106 Å². The molecule has 0 aliphatic carbocycles. The van der Waals surface area contributed by atoms with Crippen molar-refractivity contribution < 1.29 is 0 Å². The minimum Gasteiger partial charge on any atom is -0.102 e. The lowest BCUT2D eigenvalue weighted by atomic mass is 9.82. The topological polar surface area (TPSA) is 0 Å². The van der Waals surface area contributed by atoms with Crippen molar-refractivity contribution in [2.75, 3.05) is 0 Å². The van der Waals surface area contributed by atoms with Crippen LogP contribution in [0.3, 0.4) is 0 Å². The number of hydrogen-bond acceptors (Lipinski definition) is 0. The first kappa shape index (κ1) is 30.4. The molecule has 0 fully saturated rings. The Kier molecular flexibility index (Phi) is 15.3. The molecule has 4 atom stereocenters. The summed E-state index contributed by atoms with van der Waals surface area (Å²) in [6, 6.07) is 0. The van der Waals surface area contributed by atoms with Gasteiger partial charge in [0.2, 0.25) is 0 Å². The molecule has 0 rings (SSSR count). The van der Waals surface area contributed by atoms with Crippen molar-refractivity contribution in [3.05, 3.63) is 72.9 Å². The highest BCUT2D eigenvalue weighted by molar-refractivity contribution is 5.09. The van der Waals surface area contributed by atoms with E-state index < -0.39 is 0 Å². The Hall–Kier alpha value is -1.56. The molecule has 0 aliphatic rings. The Morgan fingerprint density at radius 2 is 1.41 bits per heavy atom. The van der Waals surface area contributed by atoms with E-state index in [4.69, 9.17) is 0 Å². The van der Waals surface area contributed by atoms with Gasteiger partial charge in [0, 0.05) is 5.41 Å². The highest BCUT2D eigenvalue weighted by Gasteiger charge is 2.16. The van der Waals surface area contributed by atoms with Gasteiger partial charge in [-0.2, -0.15) is 0 Å². The molecule has 182 valence electrons. The van der Waals surface area contributed by atoms with E-state index in [9.17, 15) is 0 Å². The molecule has 0 aliphatic heterocycles. The predicted octanol–water partition coefficient (Wildman–Crippen LogP) is 10.8. The van der Waals surface area contributed by atoms with Crippen LogP contribution in [0.4, 0.5) is 0 Å². The van der Waals surface area contributed by atoms with E-state index in [1.54, 1.807) is 0 Å². The maximum Gasteiger partial charge on any atom is 0.00302 e. The Bertz CT molecular complexity index is 656. The van der Waals surface area contributed by atoms with Gasteiger partial charge in [-0.15, -0.1) is 6.58 Å². The smallest absolute Gasteiger partial charge is 0.00302 e. The third-order valence-electron chi connectivity index (χ3n) is 7.22. The molecule has 0 saturated carbocycles. The van der Waals surface area contributed by atoms with Gasteiger partial charge in [0.25, 0.3) is 0 Å². The van der Waals surface area contributed by atoms with E-state index >= 15 is 0 Å². The van der Waals surface area contributed by atoms with E-state index in [1.807, 2.05) is 0 Å². The van der Waals surface area contributed by atoms with Crippen molar-refractivity contribution in [3.8, 4) is 0 Å². The molecule has 0 spiro atoms. The first-order valence-electron chi connectivity index (χ1n) is 12.9. The SMILES string of the molecule is C=CC(C)(/C=C/C(C)CC/C=C(\C)CCC(C)C(=C)C)CCCC(=C)CCC(C)C(=C)C. The van der Waals surface area contributed by atoms with Crippen molar-refractivity contribution in [1.82, 2.24) is 0 Å². The van der Waals surface area contributed by atoms with Crippen LogP contribution in [0.15, 0.2) is 72.9 Å². The molecule has 0 radical (unpaired) electrons. The molecule has 0 heteroatoms. The maximum atomic E-state index is 4.30. The van der Waals surface area contributed by atoms with Crippen LogP contribution in [0, 0.1) is 23.2 Å². The first-order chi connectivity index (χ1) is 14.9. The third-order valence-corrected chi connectivity index (χ3v) is 7.22. The summed E-state index contributed by atoms with van der Waals surface area (Å²) in [5, 5.41) is 0. The van der Waals surface area contributed by atoms with Gasteiger partial charge in [0.05, 0.1) is 0 Å². The van der Waals surface area contributed by atoms with Crippen LogP contribution in [-0.2, 0) is 0 Å². The Balaban J connectivity index is 4.38. The summed E-state index contributed by atoms with van der Waals surface area (Å²) in [6.45, 7) is 32.3. The van der Waals surface area contributed by atoms with Crippen LogP contribution >= 0.6 is 0 Å². The van der Waals surface area contributed by atoms with Gasteiger partial charge in [-0.05, 0) is 96.3 Å². The number of allylic oxidation sites excluding steroid dienone is 8. The summed E-state index contributed by atoms with van der Waals surface area (Å²) in [4.78, 5) is 0. The quantitative estimate of drug-likeness (QED) is 0.187. The van der Waals surface area contributed by atoms with Gasteiger partial charge in [0.15, 0.2) is 0 Å². The molecule has 0 aromatic heterocycles. The standard InChI is InChI=1S/C32H54/c1-12-32(11,23-14-17-28(7)19-21-31(10)26(4)5)24-22-29(8)16-13-15-27(6)18-20-30(9)25(2)3/h12,15,22,24,29-31H,1-2,4,7,13-14,16-21,23H2,3,5-6,8-11H3/b24-22+,27-15+. The molecule has 0 amide bonds. The van der Waals surface area contributed by atoms with Gasteiger partial charge >= 0.3 is 0 Å². The van der Waals surface area contributed by atoms with Crippen LogP contribution in [-0.4, -0.2) is 0 Å². The molecule has 0 aromatic carbocycles. The Morgan fingerprint density at radius 1 is 0.844 bits per heavy atom. The Morgan fingerprint density at radius 3 is 1.94 bits per heavy atom. The van der Waals surface area contributed by atoms with Crippen LogP contribution < -0.4 is 0 Å². The molecular formula is C32H54. The summed E-state index contributed by atoms with van der Waals surface area (Å²) in [5.41, 5.74) is 5.54. The molecule has 0 N–H and O–H groups in total. The molecule has 4 unspecified atom stereocenters. The summed E-state index contributed by atoms with van der Waals surface area (Å²) >= 11 is 0. The second-order valence-corrected chi connectivity index (χ2v) is 10.8. The second kappa shape index (κ2) is 16.1. The molecule has 32 heavy (non-hydrogen) atoms. The van der Waals surface area contributed by atoms with E-state index in [0.29, 0.717) is 17.8 Å². The lowest BCUT2D eigenvalue weighted by Crippen LogP contribution is -2.10. The highest BCUT2D eigenvalue weighted by atomic mass is 14.2. The van der Waals surface area contributed by atoms with Crippen molar-refractivity contribution in [1.29, 1.82) is 0 Å². The van der Waals surface area contributed by atoms with Gasteiger partial charge in [-0.25, -0.2) is 0 Å². The predicted molar refractivity (Wildman–Crippen MR) is 149 cm³/mol. The van der Waals surface area contributed by atoms with Gasteiger partial charge in [0.1, 0.15) is 0 Å². The zero-order valence-electron chi connectivity index (χ0n) is 22.7. The minimum absolute atomic E-state index is 0.0734. The normalized spacial score (nSPS) is 16.9. The summed E-state index contributed by atoms with van der Waals surface area (Å²) in [6.07, 6.45) is 19.8. The summed E-state index contributed by atoms with van der Waals surface area (Å²) < 4.78 is 0. The maximum absolute atomic E-state index is 4.30. The zero-order valence-corrected chi connectivity index (χ0v) is 22.7. The van der Waals surface area contributed by atoms with Crippen molar-refractivity contribution in [2.45, 2.75) is 106 Å². The van der Waals surface area contributed by atoms with Crippen LogP contribution in [0.2, 0.25) is 0 Å². The van der Waals surface area contributed by atoms with Gasteiger partial charge in [-0.1, -0.05) is 94.0 Å². The second-order valence-electron chi connectivity index (χ2n) is 10.8. The number of rotatable bonds is 18. The molecule has 0 saturated heterocycles.